The molecule has 2 aromatic carbocycles. The lowest BCUT2D eigenvalue weighted by molar-refractivity contribution is 0.262. The van der Waals surface area contributed by atoms with E-state index in [0.29, 0.717) is 16.7 Å². The number of carbonyl (C=O) groups excluding carboxylic acids is 1. The van der Waals surface area contributed by atoms with Gasteiger partial charge in [0.2, 0.25) is 0 Å². The molecule has 26 heavy (non-hydrogen) atoms. The molecule has 0 aliphatic rings. The summed E-state index contributed by atoms with van der Waals surface area (Å²) in [6.07, 6.45) is 1.38. The van der Waals surface area contributed by atoms with Gasteiger partial charge in [0.1, 0.15) is 18.0 Å². The van der Waals surface area contributed by atoms with Crippen LogP contribution in [0.2, 0.25) is 5.02 Å². The molecule has 3 aromatic rings. The van der Waals surface area contributed by atoms with E-state index in [2.05, 4.69) is 25.9 Å². The summed E-state index contributed by atoms with van der Waals surface area (Å²) in [6.45, 7) is 3.89. The van der Waals surface area contributed by atoms with Gasteiger partial charge in [0.25, 0.3) is 0 Å². The van der Waals surface area contributed by atoms with Crippen molar-refractivity contribution in [3.63, 3.8) is 0 Å². The quantitative estimate of drug-likeness (QED) is 0.597. The van der Waals surface area contributed by atoms with Gasteiger partial charge in [-0.3, -0.25) is 5.32 Å². The Morgan fingerprint density at radius 2 is 1.62 bits per heavy atom. The summed E-state index contributed by atoms with van der Waals surface area (Å²) in [5, 5.41) is 9.31. The lowest BCUT2D eigenvalue weighted by Gasteiger charge is -2.12. The molecular weight excluding hydrogens is 350 g/mol. The zero-order chi connectivity index (χ0) is 18.5. The van der Waals surface area contributed by atoms with Crippen molar-refractivity contribution < 1.29 is 4.79 Å². The van der Waals surface area contributed by atoms with Crippen LogP contribution < -0.4 is 16.0 Å². The maximum absolute atomic E-state index is 12.3. The summed E-state index contributed by atoms with van der Waals surface area (Å²) < 4.78 is 0. The molecule has 0 spiro atoms. The van der Waals surface area contributed by atoms with Crippen molar-refractivity contribution in [1.82, 2.24) is 9.97 Å². The Bertz CT molecular complexity index is 924. The van der Waals surface area contributed by atoms with Gasteiger partial charge in [-0.2, -0.15) is 0 Å². The zero-order valence-corrected chi connectivity index (χ0v) is 15.1. The van der Waals surface area contributed by atoms with E-state index in [1.165, 1.54) is 6.33 Å². The summed E-state index contributed by atoms with van der Waals surface area (Å²) in [5.74, 6) is 0.929. The highest BCUT2D eigenvalue weighted by atomic mass is 35.5. The average molecular weight is 368 g/mol. The van der Waals surface area contributed by atoms with Crippen LogP contribution in [-0.4, -0.2) is 16.0 Å². The lowest BCUT2D eigenvalue weighted by atomic mass is 10.1. The standard InChI is InChI=1S/C19H18ClN5O/c1-12-5-3-6-13(2)18(12)25-19(26)24-17-10-16(21-11-22-17)23-15-8-4-7-14(20)9-15/h3-11H,1-2H3,(H3,21,22,23,24,25,26). The minimum absolute atomic E-state index is 0.366. The maximum Gasteiger partial charge on any atom is 0.324 e. The molecule has 0 saturated carbocycles. The van der Waals surface area contributed by atoms with Gasteiger partial charge in [0.05, 0.1) is 0 Å². The molecule has 1 heterocycles. The molecule has 0 fully saturated rings. The first-order chi connectivity index (χ1) is 12.5. The average Bonchev–Trinajstić information content (AvgIpc) is 2.59. The van der Waals surface area contributed by atoms with Crippen LogP contribution in [0.3, 0.4) is 0 Å². The van der Waals surface area contributed by atoms with Gasteiger partial charge in [-0.05, 0) is 43.2 Å². The number of aryl methyl sites for hydroxylation is 2. The normalized spacial score (nSPS) is 10.3. The molecule has 0 atom stereocenters. The van der Waals surface area contributed by atoms with Crippen molar-refractivity contribution in [3.05, 3.63) is 71.0 Å². The van der Waals surface area contributed by atoms with E-state index >= 15 is 0 Å². The van der Waals surface area contributed by atoms with Crippen molar-refractivity contribution in [2.45, 2.75) is 13.8 Å². The second-order valence-electron chi connectivity index (χ2n) is 5.77. The third-order valence-corrected chi connectivity index (χ3v) is 3.96. The predicted molar refractivity (Wildman–Crippen MR) is 105 cm³/mol. The van der Waals surface area contributed by atoms with Gasteiger partial charge in [-0.25, -0.2) is 14.8 Å². The first-order valence-electron chi connectivity index (χ1n) is 8.00. The van der Waals surface area contributed by atoms with Crippen LogP contribution in [0, 0.1) is 13.8 Å². The summed E-state index contributed by atoms with van der Waals surface area (Å²) in [6, 6.07) is 14.4. The molecule has 7 heteroatoms. The Labute approximate surface area is 156 Å². The van der Waals surface area contributed by atoms with Crippen LogP contribution in [-0.2, 0) is 0 Å². The second kappa shape index (κ2) is 7.84. The third-order valence-electron chi connectivity index (χ3n) is 3.73. The number of aromatic nitrogens is 2. The summed E-state index contributed by atoms with van der Waals surface area (Å²) in [7, 11) is 0. The molecule has 1 aromatic heterocycles. The largest absolute Gasteiger partial charge is 0.340 e. The first kappa shape index (κ1) is 17.7. The molecule has 0 unspecified atom stereocenters. The van der Waals surface area contributed by atoms with Crippen molar-refractivity contribution in [3.8, 4) is 0 Å². The highest BCUT2D eigenvalue weighted by Crippen LogP contribution is 2.21. The zero-order valence-electron chi connectivity index (χ0n) is 14.4. The molecular formula is C19H18ClN5O. The number of anilines is 4. The molecule has 0 aliphatic carbocycles. The smallest absolute Gasteiger partial charge is 0.324 e. The van der Waals surface area contributed by atoms with Gasteiger partial charge in [0.15, 0.2) is 0 Å². The molecule has 0 bridgehead atoms. The molecule has 0 aliphatic heterocycles. The Morgan fingerprint density at radius 1 is 0.923 bits per heavy atom. The van der Waals surface area contributed by atoms with E-state index in [1.807, 2.05) is 44.2 Å². The molecule has 6 nitrogen and oxygen atoms in total. The highest BCUT2D eigenvalue weighted by molar-refractivity contribution is 6.30. The Hall–Kier alpha value is -3.12. The maximum atomic E-state index is 12.3. The number of nitrogens with one attached hydrogen (secondary N) is 3. The minimum Gasteiger partial charge on any atom is -0.340 e. The first-order valence-corrected chi connectivity index (χ1v) is 8.38. The van der Waals surface area contributed by atoms with Crippen LogP contribution >= 0.6 is 11.6 Å². The number of hydrogen-bond donors (Lipinski definition) is 3. The van der Waals surface area contributed by atoms with Crippen LogP contribution in [0.1, 0.15) is 11.1 Å². The predicted octanol–water partition coefficient (Wildman–Crippen LogP) is 5.13. The fourth-order valence-corrected chi connectivity index (χ4v) is 2.67. The lowest BCUT2D eigenvalue weighted by Crippen LogP contribution is -2.21. The monoisotopic (exact) mass is 367 g/mol. The highest BCUT2D eigenvalue weighted by Gasteiger charge is 2.09. The van der Waals surface area contributed by atoms with Gasteiger partial charge >= 0.3 is 6.03 Å². The number of carbonyl (C=O) groups is 1. The molecule has 3 N–H and O–H groups in total. The number of rotatable bonds is 4. The number of benzene rings is 2. The van der Waals surface area contributed by atoms with Crippen molar-refractivity contribution >= 4 is 40.6 Å². The van der Waals surface area contributed by atoms with E-state index in [9.17, 15) is 4.79 Å². The summed E-state index contributed by atoms with van der Waals surface area (Å²) >= 11 is 5.98. The fourth-order valence-electron chi connectivity index (χ4n) is 2.48. The van der Waals surface area contributed by atoms with E-state index in [-0.39, 0.29) is 6.03 Å². The molecule has 0 saturated heterocycles. The van der Waals surface area contributed by atoms with Gasteiger partial charge in [-0.1, -0.05) is 35.9 Å². The van der Waals surface area contributed by atoms with Crippen LogP contribution in [0.4, 0.5) is 27.8 Å². The number of amides is 2. The topological polar surface area (TPSA) is 78.9 Å². The summed E-state index contributed by atoms with van der Waals surface area (Å²) in [5.41, 5.74) is 3.57. The number of urea groups is 1. The molecule has 0 radical (unpaired) electrons. The molecule has 2 amide bonds. The van der Waals surface area contributed by atoms with Crippen molar-refractivity contribution in [1.29, 1.82) is 0 Å². The van der Waals surface area contributed by atoms with E-state index in [0.717, 1.165) is 22.5 Å². The van der Waals surface area contributed by atoms with Crippen molar-refractivity contribution in [2.75, 3.05) is 16.0 Å². The van der Waals surface area contributed by atoms with Crippen molar-refractivity contribution in [2.24, 2.45) is 0 Å². The Kier molecular flexibility index (Phi) is 5.34. The minimum atomic E-state index is -0.366. The van der Waals surface area contributed by atoms with Gasteiger partial charge in [-0.15, -0.1) is 0 Å². The second-order valence-corrected chi connectivity index (χ2v) is 6.21. The summed E-state index contributed by atoms with van der Waals surface area (Å²) in [4.78, 5) is 20.5. The van der Waals surface area contributed by atoms with E-state index in [1.54, 1.807) is 18.2 Å². The molecule has 132 valence electrons. The van der Waals surface area contributed by atoms with E-state index < -0.39 is 0 Å². The van der Waals surface area contributed by atoms with Gasteiger partial charge in [0, 0.05) is 22.5 Å². The van der Waals surface area contributed by atoms with Crippen LogP contribution in [0.5, 0.6) is 0 Å². The molecule has 3 rings (SSSR count). The number of hydrogen-bond acceptors (Lipinski definition) is 4. The fraction of sp³-hybridized carbons (Fsp3) is 0.105. The van der Waals surface area contributed by atoms with Crippen LogP contribution in [0.15, 0.2) is 54.9 Å². The van der Waals surface area contributed by atoms with E-state index in [4.69, 9.17) is 11.6 Å². The Morgan fingerprint density at radius 3 is 2.35 bits per heavy atom. The van der Waals surface area contributed by atoms with Crippen LogP contribution in [0.25, 0.3) is 0 Å². The number of para-hydroxylation sites is 1. The number of halogens is 1. The van der Waals surface area contributed by atoms with Gasteiger partial charge < -0.3 is 10.6 Å². The SMILES string of the molecule is Cc1cccc(C)c1NC(=O)Nc1cc(Nc2cccc(Cl)c2)ncn1. The number of nitrogens with zero attached hydrogens (tertiary/aromatic N) is 2. The Balaban J connectivity index is 1.69. The third kappa shape index (κ3) is 4.49.